The molecule has 1 unspecified atom stereocenters. The van der Waals surface area contributed by atoms with Crippen molar-refractivity contribution in [2.75, 3.05) is 0 Å². The normalized spacial score (nSPS) is 30.3. The number of nitrogens with one attached hydrogen (secondary N) is 1. The van der Waals surface area contributed by atoms with Gasteiger partial charge in [0.15, 0.2) is 0 Å². The van der Waals surface area contributed by atoms with Crippen molar-refractivity contribution in [3.05, 3.63) is 0 Å². The number of hydrogen-bond donors (Lipinski definition) is 1. The Bertz CT molecular complexity index is 104. The lowest BCUT2D eigenvalue weighted by molar-refractivity contribution is 0.310. The molecule has 6 heavy (non-hydrogen) atoms. The summed E-state index contributed by atoms with van der Waals surface area (Å²) in [4.78, 5) is 0. The van der Waals surface area contributed by atoms with Crippen LogP contribution in [0.15, 0.2) is 4.40 Å². The van der Waals surface area contributed by atoms with Crippen molar-refractivity contribution < 1.29 is 9.92 Å². The second kappa shape index (κ2) is 1.36. The highest BCUT2D eigenvalue weighted by molar-refractivity contribution is 7.79. The van der Waals surface area contributed by atoms with E-state index in [1.807, 2.05) is 0 Å². The zero-order valence-electron chi connectivity index (χ0n) is 2.75. The molecule has 1 aliphatic rings. The summed E-state index contributed by atoms with van der Waals surface area (Å²) < 4.78 is 17.3. The first kappa shape index (κ1) is 3.76. The van der Waals surface area contributed by atoms with Crippen LogP contribution in [-0.2, 0) is 15.6 Å². The van der Waals surface area contributed by atoms with E-state index < -0.39 is 11.3 Å². The molecule has 0 saturated carbocycles. The third kappa shape index (κ3) is 0.550. The summed E-state index contributed by atoms with van der Waals surface area (Å²) in [5.41, 5.74) is 2.18. The van der Waals surface area contributed by atoms with E-state index in [2.05, 4.69) is 14.2 Å². The molecule has 1 heterocycles. The van der Waals surface area contributed by atoms with Crippen molar-refractivity contribution in [3.8, 4) is 0 Å². The standard InChI is InChI=1S/CH2N2O2S.H2/c4-6-3-1-2-5-6;/h1H,(H,2,3);1H. The zero-order chi connectivity index (χ0) is 4.41. The minimum absolute atomic E-state index is 0. The van der Waals surface area contributed by atoms with Crippen LogP contribution in [0.3, 0.4) is 0 Å². The minimum Gasteiger partial charge on any atom is -0.238 e. The van der Waals surface area contributed by atoms with E-state index >= 15 is 0 Å². The first-order valence-corrected chi connectivity index (χ1v) is 2.30. The lowest BCUT2D eigenvalue weighted by Crippen LogP contribution is -2.02. The van der Waals surface area contributed by atoms with Gasteiger partial charge in [0.2, 0.25) is 0 Å². The Labute approximate surface area is 38.4 Å². The van der Waals surface area contributed by atoms with Crippen LogP contribution in [0.4, 0.5) is 0 Å². The van der Waals surface area contributed by atoms with E-state index in [0.29, 0.717) is 0 Å². The zero-order valence-corrected chi connectivity index (χ0v) is 3.57. The predicted octanol–water partition coefficient (Wildman–Crippen LogP) is -0.626. The van der Waals surface area contributed by atoms with Gasteiger partial charge in [-0.3, -0.25) is 0 Å². The number of hydrogen-bond acceptors (Lipinski definition) is 3. The number of hydroxylamine groups is 1. The van der Waals surface area contributed by atoms with Gasteiger partial charge in [0.1, 0.15) is 6.34 Å². The van der Waals surface area contributed by atoms with Gasteiger partial charge in [0, 0.05) is 1.43 Å². The van der Waals surface area contributed by atoms with Crippen LogP contribution in [0.25, 0.3) is 0 Å². The maximum atomic E-state index is 9.87. The summed E-state index contributed by atoms with van der Waals surface area (Å²) in [5.74, 6) is 0. The maximum absolute atomic E-state index is 9.87. The highest BCUT2D eigenvalue weighted by Gasteiger charge is 1.97. The van der Waals surface area contributed by atoms with E-state index in [-0.39, 0.29) is 1.43 Å². The molecule has 0 bridgehead atoms. The van der Waals surface area contributed by atoms with Gasteiger partial charge < -0.3 is 0 Å². The lowest BCUT2D eigenvalue weighted by atomic mass is 11.4. The van der Waals surface area contributed by atoms with Crippen LogP contribution in [-0.4, -0.2) is 10.5 Å². The highest BCUT2D eigenvalue weighted by Crippen LogP contribution is 1.84. The van der Waals surface area contributed by atoms with E-state index in [1.54, 1.807) is 0 Å². The largest absolute Gasteiger partial charge is 0.308 e. The molecule has 0 amide bonds. The Morgan fingerprint density at radius 1 is 2.17 bits per heavy atom. The fourth-order valence-corrected chi connectivity index (χ4v) is 0.446. The van der Waals surface area contributed by atoms with Crippen molar-refractivity contribution in [1.29, 1.82) is 0 Å². The van der Waals surface area contributed by atoms with Gasteiger partial charge in [-0.15, -0.1) is 4.40 Å². The van der Waals surface area contributed by atoms with Gasteiger partial charge in [-0.25, -0.2) is 9.69 Å². The van der Waals surface area contributed by atoms with E-state index in [9.17, 15) is 4.21 Å². The molecule has 0 aromatic heterocycles. The molecule has 1 N–H and O–H groups in total. The van der Waals surface area contributed by atoms with Crippen molar-refractivity contribution in [3.63, 3.8) is 0 Å². The van der Waals surface area contributed by atoms with Crippen LogP contribution >= 0.6 is 0 Å². The second-order valence-corrected chi connectivity index (χ2v) is 1.46. The minimum atomic E-state index is -1.46. The van der Waals surface area contributed by atoms with E-state index in [1.165, 1.54) is 6.34 Å². The first-order chi connectivity index (χ1) is 2.89. The van der Waals surface area contributed by atoms with Crippen LogP contribution in [0.1, 0.15) is 1.43 Å². The third-order valence-corrected chi connectivity index (χ3v) is 0.827. The molecule has 36 valence electrons. The second-order valence-electron chi connectivity index (χ2n) is 0.653. The summed E-state index contributed by atoms with van der Waals surface area (Å²) in [6.45, 7) is 0. The van der Waals surface area contributed by atoms with Crippen molar-refractivity contribution >= 4 is 17.6 Å². The molecule has 5 heteroatoms. The fourth-order valence-electron chi connectivity index (χ4n) is 0.149. The van der Waals surface area contributed by atoms with E-state index in [0.717, 1.165) is 0 Å². The molecule has 1 aliphatic heterocycles. The topological polar surface area (TPSA) is 50.7 Å². The molecule has 4 nitrogen and oxygen atoms in total. The molecule has 0 spiro atoms. The van der Waals surface area contributed by atoms with Gasteiger partial charge in [-0.1, -0.05) is 0 Å². The molecule has 0 radical (unpaired) electrons. The number of rotatable bonds is 0. The lowest BCUT2D eigenvalue weighted by Gasteiger charge is -1.77. The summed E-state index contributed by atoms with van der Waals surface area (Å²) in [6, 6.07) is 0. The smallest absolute Gasteiger partial charge is 0.238 e. The predicted molar refractivity (Wildman–Crippen MR) is 23.0 cm³/mol. The summed E-state index contributed by atoms with van der Waals surface area (Å²) in [6.07, 6.45) is 1.23. The monoisotopic (exact) mass is 108 g/mol. The van der Waals surface area contributed by atoms with Crippen LogP contribution in [0.2, 0.25) is 0 Å². The summed E-state index contributed by atoms with van der Waals surface area (Å²) in [5, 5.41) is 0. The third-order valence-electron chi connectivity index (χ3n) is 0.311. The quantitative estimate of drug-likeness (QED) is 0.449. The fraction of sp³-hybridized carbons (Fsp3) is 0. The highest BCUT2D eigenvalue weighted by atomic mass is 32.2. The van der Waals surface area contributed by atoms with Crippen molar-refractivity contribution in [1.82, 2.24) is 5.48 Å². The Morgan fingerprint density at radius 3 is 3.17 bits per heavy atom. The Hall–Kier alpha value is -0.420. The van der Waals surface area contributed by atoms with Crippen LogP contribution < -0.4 is 5.48 Å². The Balaban J connectivity index is 0.000000360. The molecule has 0 aromatic rings. The van der Waals surface area contributed by atoms with Gasteiger partial charge >= 0.3 is 11.3 Å². The Morgan fingerprint density at radius 2 is 3.00 bits per heavy atom. The maximum Gasteiger partial charge on any atom is 0.308 e. The average Bonchev–Trinajstić information content (AvgIpc) is 1.86. The molecular formula is CH4N2O2S. The van der Waals surface area contributed by atoms with Crippen LogP contribution in [0.5, 0.6) is 0 Å². The molecule has 1 atom stereocenters. The summed E-state index contributed by atoms with van der Waals surface area (Å²) in [7, 11) is 0. The van der Waals surface area contributed by atoms with Crippen LogP contribution in [0, 0.1) is 0 Å². The molecule has 1 rings (SSSR count). The number of nitrogens with zero attached hydrogens (tertiary/aromatic N) is 1. The molecule has 0 saturated heterocycles. The average molecular weight is 108 g/mol. The first-order valence-electron chi connectivity index (χ1n) is 1.27. The van der Waals surface area contributed by atoms with Gasteiger partial charge in [-0.05, 0) is 0 Å². The molecule has 0 aliphatic carbocycles. The molecule has 0 fully saturated rings. The van der Waals surface area contributed by atoms with Crippen molar-refractivity contribution in [2.24, 2.45) is 4.40 Å². The molecule has 0 aromatic carbocycles. The van der Waals surface area contributed by atoms with Gasteiger partial charge in [-0.2, -0.15) is 4.28 Å². The van der Waals surface area contributed by atoms with Crippen molar-refractivity contribution in [2.45, 2.75) is 0 Å². The van der Waals surface area contributed by atoms with Gasteiger partial charge in [0.25, 0.3) is 0 Å². The van der Waals surface area contributed by atoms with E-state index in [4.69, 9.17) is 0 Å². The molecular weight excluding hydrogens is 104 g/mol. The summed E-state index contributed by atoms with van der Waals surface area (Å²) >= 11 is -1.46. The SMILES string of the molecule is O=S1N=CNO1.[HH]. The Kier molecular flexibility index (Phi) is 0.849. The van der Waals surface area contributed by atoms with Gasteiger partial charge in [0.05, 0.1) is 0 Å².